The molecule has 0 radical (unpaired) electrons. The normalized spacial score (nSPS) is 29.9. The molecule has 0 N–H and O–H groups in total. The summed E-state index contributed by atoms with van der Waals surface area (Å²) in [6.07, 6.45) is -0.467. The molecule has 0 saturated carbocycles. The highest BCUT2D eigenvalue weighted by atomic mass is 35.5. The summed E-state index contributed by atoms with van der Waals surface area (Å²) in [5, 5.41) is 3.31. The third kappa shape index (κ3) is 2.55. The Bertz CT molecular complexity index is 171. The number of ether oxygens (including phenoxy) is 2. The van der Waals surface area contributed by atoms with E-state index in [0.29, 0.717) is 12.5 Å². The van der Waals surface area contributed by atoms with E-state index < -0.39 is 6.29 Å². The predicted molar refractivity (Wildman–Crippen MR) is 39.3 cm³/mol. The molecule has 1 heterocycles. The van der Waals surface area contributed by atoms with E-state index in [-0.39, 0.29) is 12.6 Å². The van der Waals surface area contributed by atoms with Crippen LogP contribution in [0.25, 0.3) is 10.4 Å². The third-order valence-corrected chi connectivity index (χ3v) is 1.62. The molecule has 1 fully saturated rings. The lowest BCUT2D eigenvalue weighted by Gasteiger charge is -2.05. The van der Waals surface area contributed by atoms with Crippen molar-refractivity contribution in [3.63, 3.8) is 0 Å². The lowest BCUT2D eigenvalue weighted by molar-refractivity contribution is -0.0455. The summed E-state index contributed by atoms with van der Waals surface area (Å²) in [6, 6.07) is 0. The van der Waals surface area contributed by atoms with Crippen LogP contribution in [0.2, 0.25) is 0 Å². The smallest absolute Gasteiger partial charge is 0.163 e. The summed E-state index contributed by atoms with van der Waals surface area (Å²) in [4.78, 5) is 2.58. The Hall–Kier alpha value is -0.480. The third-order valence-electron chi connectivity index (χ3n) is 1.28. The number of halogens is 1. The summed E-state index contributed by atoms with van der Waals surface area (Å²) < 4.78 is 10.3. The fraction of sp³-hybridized carbons (Fsp3) is 1.00. The molecule has 2 unspecified atom stereocenters. The molecule has 62 valence electrons. The van der Waals surface area contributed by atoms with E-state index in [4.69, 9.17) is 26.6 Å². The molecule has 0 aromatic rings. The first-order valence-electron chi connectivity index (χ1n) is 3.20. The van der Waals surface area contributed by atoms with E-state index in [0.717, 1.165) is 0 Å². The van der Waals surface area contributed by atoms with Crippen molar-refractivity contribution >= 4 is 11.6 Å². The molecule has 6 heteroatoms. The standard InChI is InChI=1S/C5H8ClN3O2/c6-1-4-3-10-5(11-4)2-8-9-7/h4-5H,1-3H2. The van der Waals surface area contributed by atoms with Crippen LogP contribution >= 0.6 is 11.6 Å². The van der Waals surface area contributed by atoms with Gasteiger partial charge in [0.1, 0.15) is 0 Å². The average Bonchev–Trinajstić information content (AvgIpc) is 2.48. The van der Waals surface area contributed by atoms with Crippen molar-refractivity contribution in [2.75, 3.05) is 19.0 Å². The van der Waals surface area contributed by atoms with Gasteiger partial charge in [-0.1, -0.05) is 5.11 Å². The largest absolute Gasteiger partial charge is 0.350 e. The van der Waals surface area contributed by atoms with Crippen molar-refractivity contribution in [3.8, 4) is 0 Å². The second kappa shape index (κ2) is 4.41. The molecular weight excluding hydrogens is 170 g/mol. The summed E-state index contributed by atoms with van der Waals surface area (Å²) in [6.45, 7) is 0.693. The second-order valence-corrected chi connectivity index (χ2v) is 2.40. The molecule has 11 heavy (non-hydrogen) atoms. The van der Waals surface area contributed by atoms with Crippen LogP contribution in [0.4, 0.5) is 0 Å². The van der Waals surface area contributed by atoms with Gasteiger partial charge < -0.3 is 9.47 Å². The van der Waals surface area contributed by atoms with Crippen LogP contribution in [0.5, 0.6) is 0 Å². The number of nitrogens with zero attached hydrogens (tertiary/aromatic N) is 3. The van der Waals surface area contributed by atoms with Crippen LogP contribution in [0.1, 0.15) is 0 Å². The van der Waals surface area contributed by atoms with Gasteiger partial charge in [-0.15, -0.1) is 11.6 Å². The summed E-state index contributed by atoms with van der Waals surface area (Å²) in [7, 11) is 0. The fourth-order valence-corrected chi connectivity index (χ4v) is 0.950. The zero-order valence-electron chi connectivity index (χ0n) is 5.81. The first kappa shape index (κ1) is 8.62. The second-order valence-electron chi connectivity index (χ2n) is 2.09. The Kier molecular flexibility index (Phi) is 3.45. The Morgan fingerprint density at radius 3 is 3.09 bits per heavy atom. The van der Waals surface area contributed by atoms with Gasteiger partial charge in [-0.2, -0.15) is 0 Å². The summed E-state index contributed by atoms with van der Waals surface area (Å²) in [5.74, 6) is 0.409. The maximum Gasteiger partial charge on any atom is 0.163 e. The average molecular weight is 178 g/mol. The van der Waals surface area contributed by atoms with Gasteiger partial charge in [0.2, 0.25) is 0 Å². The first-order chi connectivity index (χ1) is 5.36. The van der Waals surface area contributed by atoms with Crippen LogP contribution in [0.15, 0.2) is 5.11 Å². The molecular formula is C5H8ClN3O2. The van der Waals surface area contributed by atoms with Crippen LogP contribution in [0.3, 0.4) is 0 Å². The predicted octanol–water partition coefficient (Wildman–Crippen LogP) is 1.28. The maximum absolute atomic E-state index is 7.97. The Morgan fingerprint density at radius 2 is 2.55 bits per heavy atom. The van der Waals surface area contributed by atoms with Crippen molar-refractivity contribution in [2.24, 2.45) is 5.11 Å². The highest BCUT2D eigenvalue weighted by Gasteiger charge is 2.24. The van der Waals surface area contributed by atoms with Crippen LogP contribution < -0.4 is 0 Å². The van der Waals surface area contributed by atoms with E-state index in [2.05, 4.69) is 10.0 Å². The minimum absolute atomic E-state index is 0.0597. The number of alkyl halides is 1. The lowest BCUT2D eigenvalue weighted by Crippen LogP contribution is -2.15. The van der Waals surface area contributed by atoms with Crippen LogP contribution in [-0.2, 0) is 9.47 Å². The summed E-state index contributed by atoms with van der Waals surface area (Å²) in [5.41, 5.74) is 7.97. The van der Waals surface area contributed by atoms with Gasteiger partial charge >= 0.3 is 0 Å². The molecule has 0 aromatic heterocycles. The monoisotopic (exact) mass is 177 g/mol. The van der Waals surface area contributed by atoms with Crippen LogP contribution in [0, 0.1) is 0 Å². The topological polar surface area (TPSA) is 67.2 Å². The molecule has 5 nitrogen and oxygen atoms in total. The van der Waals surface area contributed by atoms with Gasteiger partial charge in [-0.3, -0.25) is 0 Å². The van der Waals surface area contributed by atoms with Gasteiger partial charge in [-0.25, -0.2) is 0 Å². The number of hydrogen-bond acceptors (Lipinski definition) is 3. The minimum Gasteiger partial charge on any atom is -0.350 e. The van der Waals surface area contributed by atoms with E-state index in [1.165, 1.54) is 0 Å². The molecule has 1 aliphatic rings. The Morgan fingerprint density at radius 1 is 1.73 bits per heavy atom. The quantitative estimate of drug-likeness (QED) is 0.282. The van der Waals surface area contributed by atoms with E-state index in [1.54, 1.807) is 0 Å². The van der Waals surface area contributed by atoms with E-state index >= 15 is 0 Å². The Balaban J connectivity index is 2.24. The SMILES string of the molecule is [N-]=[N+]=NCC1OCC(CCl)O1. The van der Waals surface area contributed by atoms with Crippen molar-refractivity contribution in [1.82, 2.24) is 0 Å². The molecule has 1 saturated heterocycles. The van der Waals surface area contributed by atoms with Gasteiger partial charge in [0, 0.05) is 4.91 Å². The maximum atomic E-state index is 7.97. The lowest BCUT2D eigenvalue weighted by atomic mass is 10.4. The van der Waals surface area contributed by atoms with Crippen molar-refractivity contribution in [3.05, 3.63) is 10.4 Å². The molecule has 0 aromatic carbocycles. The van der Waals surface area contributed by atoms with Crippen molar-refractivity contribution in [2.45, 2.75) is 12.4 Å². The van der Waals surface area contributed by atoms with E-state index in [9.17, 15) is 0 Å². The number of hydrogen-bond donors (Lipinski definition) is 0. The van der Waals surface area contributed by atoms with Crippen LogP contribution in [-0.4, -0.2) is 31.4 Å². The first-order valence-corrected chi connectivity index (χ1v) is 3.74. The van der Waals surface area contributed by atoms with Crippen molar-refractivity contribution in [1.29, 1.82) is 0 Å². The number of rotatable bonds is 3. The highest BCUT2D eigenvalue weighted by molar-refractivity contribution is 6.18. The van der Waals surface area contributed by atoms with Gasteiger partial charge in [0.15, 0.2) is 6.29 Å². The van der Waals surface area contributed by atoms with Gasteiger partial charge in [0.25, 0.3) is 0 Å². The fourth-order valence-electron chi connectivity index (χ4n) is 0.788. The zero-order chi connectivity index (χ0) is 8.10. The zero-order valence-corrected chi connectivity index (χ0v) is 6.57. The highest BCUT2D eigenvalue weighted by Crippen LogP contribution is 2.12. The molecule has 2 atom stereocenters. The van der Waals surface area contributed by atoms with Gasteiger partial charge in [0.05, 0.1) is 25.1 Å². The Labute approximate surface area is 68.9 Å². The molecule has 0 aliphatic carbocycles. The van der Waals surface area contributed by atoms with Gasteiger partial charge in [-0.05, 0) is 5.53 Å². The molecule has 0 amide bonds. The molecule has 1 aliphatic heterocycles. The molecule has 1 rings (SSSR count). The number of azide groups is 1. The van der Waals surface area contributed by atoms with Crippen molar-refractivity contribution < 1.29 is 9.47 Å². The molecule has 0 bridgehead atoms. The minimum atomic E-state index is -0.408. The molecule has 0 spiro atoms. The van der Waals surface area contributed by atoms with E-state index in [1.807, 2.05) is 0 Å². The summed E-state index contributed by atoms with van der Waals surface area (Å²) >= 11 is 5.50.